The number of carbonyl (C=O) groups excluding carboxylic acids is 3. The highest BCUT2D eigenvalue weighted by molar-refractivity contribution is 6.34. The van der Waals surface area contributed by atoms with Gasteiger partial charge < -0.3 is 25.3 Å². The van der Waals surface area contributed by atoms with Gasteiger partial charge in [0.15, 0.2) is 17.4 Å². The highest BCUT2D eigenvalue weighted by Crippen LogP contribution is 2.30. The number of halogens is 3. The van der Waals surface area contributed by atoms with Crippen LogP contribution in [0.15, 0.2) is 36.5 Å². The van der Waals surface area contributed by atoms with Gasteiger partial charge >= 0.3 is 0 Å². The number of nitrogens with zero attached hydrogens (tertiary/aromatic N) is 3. The van der Waals surface area contributed by atoms with Gasteiger partial charge in [-0.1, -0.05) is 11.6 Å². The predicted octanol–water partition coefficient (Wildman–Crippen LogP) is 3.62. The highest BCUT2D eigenvalue weighted by Gasteiger charge is 2.28. The molecular formula is C25H24ClF2N5O4. The third-order valence-electron chi connectivity index (χ3n) is 6.38. The molecule has 1 saturated heterocycles. The van der Waals surface area contributed by atoms with Crippen LogP contribution >= 0.6 is 11.6 Å². The molecule has 2 aromatic carbocycles. The third kappa shape index (κ3) is 5.12. The maximum atomic E-state index is 14.5. The molecule has 0 radical (unpaired) electrons. The van der Waals surface area contributed by atoms with E-state index < -0.39 is 17.5 Å². The van der Waals surface area contributed by atoms with Crippen LogP contribution in [-0.2, 0) is 11.8 Å². The minimum absolute atomic E-state index is 0.0563. The Morgan fingerprint density at radius 3 is 2.46 bits per heavy atom. The molecular weight excluding hydrogens is 508 g/mol. The maximum absolute atomic E-state index is 14.5. The molecule has 3 amide bonds. The Morgan fingerprint density at radius 2 is 1.84 bits per heavy atom. The van der Waals surface area contributed by atoms with Crippen LogP contribution in [0.1, 0.15) is 33.8 Å². The quantitative estimate of drug-likeness (QED) is 0.503. The van der Waals surface area contributed by atoms with Gasteiger partial charge in [-0.05, 0) is 43.2 Å². The first kappa shape index (κ1) is 26.1. The number of anilines is 1. The van der Waals surface area contributed by atoms with Crippen molar-refractivity contribution in [3.8, 4) is 17.0 Å². The molecule has 2 heterocycles. The van der Waals surface area contributed by atoms with Crippen LogP contribution in [0, 0.1) is 17.6 Å². The molecule has 0 atom stereocenters. The van der Waals surface area contributed by atoms with E-state index in [0.717, 1.165) is 0 Å². The second kappa shape index (κ2) is 10.6. The Kier molecular flexibility index (Phi) is 7.44. The second-order valence-electron chi connectivity index (χ2n) is 8.59. The average Bonchev–Trinajstić information content (AvgIpc) is 3.26. The second-order valence-corrected chi connectivity index (χ2v) is 8.99. The topological polar surface area (TPSA) is 120 Å². The smallest absolute Gasteiger partial charge is 0.291 e. The number of nitrogens with one attached hydrogen (secondary N) is 1. The van der Waals surface area contributed by atoms with E-state index in [2.05, 4.69) is 10.3 Å². The number of benzene rings is 2. The van der Waals surface area contributed by atoms with E-state index in [-0.39, 0.29) is 51.1 Å². The summed E-state index contributed by atoms with van der Waals surface area (Å²) in [5.41, 5.74) is 6.01. The lowest BCUT2D eigenvalue weighted by Gasteiger charge is -2.30. The molecule has 3 aromatic rings. The molecule has 3 N–H and O–H groups in total. The van der Waals surface area contributed by atoms with E-state index in [1.807, 2.05) is 0 Å². The lowest BCUT2D eigenvalue weighted by Crippen LogP contribution is -2.41. The van der Waals surface area contributed by atoms with Crippen LogP contribution in [0.2, 0.25) is 5.02 Å². The van der Waals surface area contributed by atoms with Crippen molar-refractivity contribution in [3.05, 3.63) is 64.6 Å². The van der Waals surface area contributed by atoms with E-state index in [1.54, 1.807) is 4.90 Å². The number of primary amides is 1. The van der Waals surface area contributed by atoms with E-state index >= 15 is 0 Å². The van der Waals surface area contributed by atoms with Crippen LogP contribution in [0.25, 0.3) is 11.3 Å². The van der Waals surface area contributed by atoms with Crippen LogP contribution in [0.4, 0.5) is 14.5 Å². The van der Waals surface area contributed by atoms with Crippen LogP contribution < -0.4 is 15.8 Å². The van der Waals surface area contributed by atoms with Gasteiger partial charge in [-0.2, -0.15) is 4.39 Å². The Hall–Kier alpha value is -3.99. The lowest BCUT2D eigenvalue weighted by molar-refractivity contribution is -0.123. The Morgan fingerprint density at radius 1 is 1.14 bits per heavy atom. The third-order valence-corrected chi connectivity index (χ3v) is 6.69. The summed E-state index contributed by atoms with van der Waals surface area (Å²) in [6, 6.07) is 7.08. The molecule has 1 aromatic heterocycles. The molecule has 0 bridgehead atoms. The molecule has 9 nitrogen and oxygen atoms in total. The van der Waals surface area contributed by atoms with Crippen molar-refractivity contribution in [1.29, 1.82) is 0 Å². The van der Waals surface area contributed by atoms with E-state index in [1.165, 1.54) is 55.3 Å². The van der Waals surface area contributed by atoms with Gasteiger partial charge in [-0.15, -0.1) is 0 Å². The van der Waals surface area contributed by atoms with Crippen molar-refractivity contribution in [2.75, 3.05) is 25.5 Å². The van der Waals surface area contributed by atoms with Crippen molar-refractivity contribution < 1.29 is 27.9 Å². The van der Waals surface area contributed by atoms with Crippen molar-refractivity contribution >= 4 is 35.0 Å². The monoisotopic (exact) mass is 531 g/mol. The number of methoxy groups -OCH3 is 1. The molecule has 4 rings (SSSR count). The fourth-order valence-corrected chi connectivity index (χ4v) is 4.51. The van der Waals surface area contributed by atoms with Gasteiger partial charge in [0.25, 0.3) is 11.8 Å². The summed E-state index contributed by atoms with van der Waals surface area (Å²) in [5, 5.41) is 2.78. The predicted molar refractivity (Wildman–Crippen MR) is 132 cm³/mol. The number of aromatic nitrogens is 2. The zero-order valence-corrected chi connectivity index (χ0v) is 20.8. The average molecular weight is 532 g/mol. The first-order valence-corrected chi connectivity index (χ1v) is 11.7. The van der Waals surface area contributed by atoms with Gasteiger partial charge in [0.2, 0.25) is 11.7 Å². The fourth-order valence-electron chi connectivity index (χ4n) is 4.25. The van der Waals surface area contributed by atoms with Gasteiger partial charge in [0, 0.05) is 37.3 Å². The Labute approximate surface area is 216 Å². The molecule has 1 aliphatic heterocycles. The lowest BCUT2D eigenvalue weighted by atomic mass is 9.96. The van der Waals surface area contributed by atoms with Crippen molar-refractivity contribution in [1.82, 2.24) is 14.5 Å². The number of carbonyl (C=O) groups is 3. The summed E-state index contributed by atoms with van der Waals surface area (Å²) >= 11 is 6.34. The molecule has 1 aliphatic rings. The largest absolute Gasteiger partial charge is 0.494 e. The Balaban J connectivity index is 1.48. The minimum atomic E-state index is -1.14. The summed E-state index contributed by atoms with van der Waals surface area (Å²) in [4.78, 5) is 42.8. The van der Waals surface area contributed by atoms with E-state index in [4.69, 9.17) is 22.1 Å². The molecule has 0 spiro atoms. The summed E-state index contributed by atoms with van der Waals surface area (Å²) in [5.74, 6) is -4.08. The first-order valence-electron chi connectivity index (χ1n) is 11.4. The number of rotatable bonds is 6. The number of nitrogens with two attached hydrogens (primary N) is 1. The molecule has 0 aliphatic carbocycles. The number of likely N-dealkylation sites (tertiary alicyclic amines) is 1. The number of hydrogen-bond acceptors (Lipinski definition) is 5. The molecule has 1 fully saturated rings. The number of piperidine rings is 1. The van der Waals surface area contributed by atoms with E-state index in [0.29, 0.717) is 31.6 Å². The summed E-state index contributed by atoms with van der Waals surface area (Å²) < 4.78 is 34.8. The number of ether oxygens (including phenoxy) is 1. The zero-order chi connectivity index (χ0) is 26.9. The standard InChI is InChI=1S/C25H24ClF2N5O4/c1-32-18(16-5-6-19(37-2)21(28)20(16)27)12-30-23(32)24(35)31-14-3-4-15(17(26)11-14)25(36)33-9-7-13(8-10-33)22(29)34/h3-6,11-13H,7-10H2,1-2H3,(H2,29,34)(H,31,35). The van der Waals surface area contributed by atoms with Crippen molar-refractivity contribution in [2.24, 2.45) is 18.7 Å². The van der Waals surface area contributed by atoms with Crippen LogP contribution in [0.5, 0.6) is 5.75 Å². The maximum Gasteiger partial charge on any atom is 0.291 e. The summed E-state index contributed by atoms with van der Waals surface area (Å²) in [6.07, 6.45) is 2.24. The number of amides is 3. The van der Waals surface area contributed by atoms with Crippen LogP contribution in [-0.4, -0.2) is 52.4 Å². The molecule has 12 heteroatoms. The first-order chi connectivity index (χ1) is 17.6. The minimum Gasteiger partial charge on any atom is -0.494 e. The zero-order valence-electron chi connectivity index (χ0n) is 20.1. The molecule has 37 heavy (non-hydrogen) atoms. The normalized spacial score (nSPS) is 13.9. The molecule has 0 saturated carbocycles. The van der Waals surface area contributed by atoms with Crippen molar-refractivity contribution in [2.45, 2.75) is 12.8 Å². The SMILES string of the molecule is COc1ccc(-c2cnc(C(=O)Nc3ccc(C(=O)N4CCC(C(N)=O)CC4)c(Cl)c3)n2C)c(F)c1F. The highest BCUT2D eigenvalue weighted by atomic mass is 35.5. The van der Waals surface area contributed by atoms with Crippen LogP contribution in [0.3, 0.4) is 0 Å². The number of hydrogen-bond donors (Lipinski definition) is 2. The van der Waals surface area contributed by atoms with E-state index in [9.17, 15) is 23.2 Å². The number of imidazole rings is 1. The Bertz CT molecular complexity index is 1390. The van der Waals surface area contributed by atoms with Gasteiger partial charge in [-0.25, -0.2) is 9.37 Å². The molecule has 194 valence electrons. The van der Waals surface area contributed by atoms with Gasteiger partial charge in [0.05, 0.1) is 29.6 Å². The summed E-state index contributed by atoms with van der Waals surface area (Å²) in [7, 11) is 2.72. The van der Waals surface area contributed by atoms with Crippen molar-refractivity contribution in [3.63, 3.8) is 0 Å². The summed E-state index contributed by atoms with van der Waals surface area (Å²) in [6.45, 7) is 0.781. The van der Waals surface area contributed by atoms with Gasteiger partial charge in [0.1, 0.15) is 0 Å². The molecule has 0 unspecified atom stereocenters. The van der Waals surface area contributed by atoms with Gasteiger partial charge in [-0.3, -0.25) is 14.4 Å². The fraction of sp³-hybridized carbons (Fsp3) is 0.280.